The summed E-state index contributed by atoms with van der Waals surface area (Å²) < 4.78 is 5.70. The standard InChI is InChI=1S/C24H43N5O3/c1-24(2,3)32-23(31)29(17-18-9-10-18)20-11-15-28(16-12-20)22(25-4)27-14-6-13-26-21(30)19-7-5-8-19/h18-20H,5-17H2,1-4H3,(H,25,27)(H,26,30). The Morgan fingerprint density at radius 2 is 1.69 bits per heavy atom. The Bertz CT molecular complexity index is 659. The van der Waals surface area contributed by atoms with Crippen molar-refractivity contribution >= 4 is 18.0 Å². The van der Waals surface area contributed by atoms with E-state index in [-0.39, 0.29) is 24.0 Å². The van der Waals surface area contributed by atoms with E-state index in [4.69, 9.17) is 4.74 Å². The number of likely N-dealkylation sites (tertiary alicyclic amines) is 1. The number of ether oxygens (including phenoxy) is 1. The van der Waals surface area contributed by atoms with Crippen LogP contribution in [0.25, 0.3) is 0 Å². The Kier molecular flexibility index (Phi) is 8.65. The summed E-state index contributed by atoms with van der Waals surface area (Å²) in [5.74, 6) is 2.00. The number of hydrogen-bond acceptors (Lipinski definition) is 4. The van der Waals surface area contributed by atoms with Gasteiger partial charge in [-0.25, -0.2) is 4.79 Å². The van der Waals surface area contributed by atoms with Crippen LogP contribution in [0, 0.1) is 11.8 Å². The molecule has 2 amide bonds. The minimum atomic E-state index is -0.469. The van der Waals surface area contributed by atoms with E-state index in [1.54, 1.807) is 0 Å². The molecule has 8 nitrogen and oxygen atoms in total. The molecule has 0 radical (unpaired) electrons. The summed E-state index contributed by atoms with van der Waals surface area (Å²) in [4.78, 5) is 33.4. The summed E-state index contributed by atoms with van der Waals surface area (Å²) in [6, 6.07) is 0.224. The third kappa shape index (κ3) is 7.55. The zero-order valence-corrected chi connectivity index (χ0v) is 20.5. The Morgan fingerprint density at radius 3 is 2.22 bits per heavy atom. The van der Waals surface area contributed by atoms with E-state index in [0.717, 1.165) is 64.2 Å². The van der Waals surface area contributed by atoms with Crippen molar-refractivity contribution in [3.63, 3.8) is 0 Å². The number of guanidine groups is 1. The molecule has 8 heteroatoms. The Morgan fingerprint density at radius 1 is 1.03 bits per heavy atom. The van der Waals surface area contributed by atoms with Gasteiger partial charge in [0.25, 0.3) is 0 Å². The molecule has 1 heterocycles. The molecule has 3 aliphatic rings. The predicted molar refractivity (Wildman–Crippen MR) is 127 cm³/mol. The van der Waals surface area contributed by atoms with Crippen LogP contribution in [0.5, 0.6) is 0 Å². The van der Waals surface area contributed by atoms with Crippen LogP contribution in [0.2, 0.25) is 0 Å². The lowest BCUT2D eigenvalue weighted by molar-refractivity contribution is -0.127. The zero-order chi connectivity index (χ0) is 23.1. The van der Waals surface area contributed by atoms with Crippen molar-refractivity contribution in [1.82, 2.24) is 20.4 Å². The van der Waals surface area contributed by atoms with Crippen molar-refractivity contribution in [2.45, 2.75) is 83.8 Å². The van der Waals surface area contributed by atoms with Crippen LogP contribution >= 0.6 is 0 Å². The van der Waals surface area contributed by atoms with E-state index in [2.05, 4.69) is 20.5 Å². The Balaban J connectivity index is 1.39. The first-order valence-electron chi connectivity index (χ1n) is 12.5. The molecule has 0 aromatic heterocycles. The SMILES string of the molecule is CN=C(NCCCNC(=O)C1CCC1)N1CCC(N(CC2CC2)C(=O)OC(C)(C)C)CC1. The second-order valence-electron chi connectivity index (χ2n) is 10.5. The van der Waals surface area contributed by atoms with Gasteiger partial charge in [0.15, 0.2) is 5.96 Å². The van der Waals surface area contributed by atoms with Gasteiger partial charge in [0.1, 0.15) is 5.60 Å². The van der Waals surface area contributed by atoms with Crippen molar-refractivity contribution < 1.29 is 14.3 Å². The summed E-state index contributed by atoms with van der Waals surface area (Å²) in [5.41, 5.74) is -0.469. The van der Waals surface area contributed by atoms with Gasteiger partial charge in [0.05, 0.1) is 0 Å². The van der Waals surface area contributed by atoms with Gasteiger partial charge in [-0.15, -0.1) is 0 Å². The van der Waals surface area contributed by atoms with Crippen LogP contribution in [-0.4, -0.2) is 79.2 Å². The van der Waals surface area contributed by atoms with Crippen molar-refractivity contribution in [2.24, 2.45) is 16.8 Å². The van der Waals surface area contributed by atoms with Gasteiger partial charge in [0, 0.05) is 51.7 Å². The maximum absolute atomic E-state index is 12.8. The van der Waals surface area contributed by atoms with Gasteiger partial charge < -0.3 is 25.2 Å². The number of amides is 2. The molecule has 2 saturated carbocycles. The average Bonchev–Trinajstić information content (AvgIpc) is 3.51. The lowest BCUT2D eigenvalue weighted by atomic mass is 9.85. The fourth-order valence-electron chi connectivity index (χ4n) is 4.31. The van der Waals surface area contributed by atoms with Gasteiger partial charge in [-0.05, 0) is 71.6 Å². The van der Waals surface area contributed by atoms with Crippen LogP contribution in [0.4, 0.5) is 4.79 Å². The molecule has 2 aliphatic carbocycles. The van der Waals surface area contributed by atoms with Gasteiger partial charge in [-0.1, -0.05) is 6.42 Å². The number of aliphatic imine (C=N–C) groups is 1. The maximum Gasteiger partial charge on any atom is 0.410 e. The van der Waals surface area contributed by atoms with Crippen molar-refractivity contribution in [1.29, 1.82) is 0 Å². The lowest BCUT2D eigenvalue weighted by Crippen LogP contribution is -2.52. The number of nitrogens with one attached hydrogen (secondary N) is 2. The normalized spacial score (nSPS) is 20.5. The fraction of sp³-hybridized carbons (Fsp3) is 0.875. The summed E-state index contributed by atoms with van der Waals surface area (Å²) >= 11 is 0. The topological polar surface area (TPSA) is 86.3 Å². The monoisotopic (exact) mass is 449 g/mol. The van der Waals surface area contributed by atoms with Crippen LogP contribution in [0.15, 0.2) is 4.99 Å². The van der Waals surface area contributed by atoms with Crippen LogP contribution in [0.3, 0.4) is 0 Å². The quantitative estimate of drug-likeness (QED) is 0.338. The molecule has 1 saturated heterocycles. The number of hydrogen-bond donors (Lipinski definition) is 2. The molecule has 0 aromatic rings. The third-order valence-electron chi connectivity index (χ3n) is 6.61. The summed E-state index contributed by atoms with van der Waals surface area (Å²) in [6.45, 7) is 9.82. The minimum Gasteiger partial charge on any atom is -0.444 e. The first kappa shape index (κ1) is 24.6. The zero-order valence-electron chi connectivity index (χ0n) is 20.5. The molecule has 32 heavy (non-hydrogen) atoms. The Labute approximate surface area is 193 Å². The second-order valence-corrected chi connectivity index (χ2v) is 10.5. The number of carbonyl (C=O) groups is 2. The average molecular weight is 450 g/mol. The summed E-state index contributed by atoms with van der Waals surface area (Å²) in [6.07, 6.45) is 8.25. The smallest absolute Gasteiger partial charge is 0.410 e. The minimum absolute atomic E-state index is 0.172. The van der Waals surface area contributed by atoms with Gasteiger partial charge in [-0.3, -0.25) is 9.79 Å². The lowest BCUT2D eigenvalue weighted by Gasteiger charge is -2.40. The van der Waals surface area contributed by atoms with Crippen LogP contribution in [-0.2, 0) is 9.53 Å². The van der Waals surface area contributed by atoms with Crippen molar-refractivity contribution in [3.8, 4) is 0 Å². The summed E-state index contributed by atoms with van der Waals surface area (Å²) in [5, 5.41) is 6.47. The molecule has 1 aliphatic heterocycles. The highest BCUT2D eigenvalue weighted by molar-refractivity contribution is 5.80. The first-order chi connectivity index (χ1) is 15.3. The number of rotatable bonds is 8. The van der Waals surface area contributed by atoms with Gasteiger partial charge in [0.2, 0.25) is 5.91 Å². The highest BCUT2D eigenvalue weighted by Crippen LogP contribution is 2.32. The first-order valence-corrected chi connectivity index (χ1v) is 12.5. The van der Waals surface area contributed by atoms with E-state index in [0.29, 0.717) is 12.5 Å². The molecule has 0 bridgehead atoms. The number of carbonyl (C=O) groups excluding carboxylic acids is 2. The molecule has 0 atom stereocenters. The van der Waals surface area contributed by atoms with Crippen LogP contribution in [0.1, 0.15) is 72.1 Å². The van der Waals surface area contributed by atoms with Gasteiger partial charge >= 0.3 is 6.09 Å². The molecular formula is C24H43N5O3. The van der Waals surface area contributed by atoms with Crippen molar-refractivity contribution in [3.05, 3.63) is 0 Å². The molecule has 0 spiro atoms. The number of piperidine rings is 1. The third-order valence-corrected chi connectivity index (χ3v) is 6.61. The van der Waals surface area contributed by atoms with E-state index in [9.17, 15) is 9.59 Å². The molecule has 0 aromatic carbocycles. The Hall–Kier alpha value is -1.99. The van der Waals surface area contributed by atoms with Crippen LogP contribution < -0.4 is 10.6 Å². The predicted octanol–water partition coefficient (Wildman–Crippen LogP) is 2.98. The van der Waals surface area contributed by atoms with Gasteiger partial charge in [-0.2, -0.15) is 0 Å². The van der Waals surface area contributed by atoms with Crippen molar-refractivity contribution in [2.75, 3.05) is 39.8 Å². The molecular weight excluding hydrogens is 406 g/mol. The summed E-state index contributed by atoms with van der Waals surface area (Å²) in [7, 11) is 1.81. The fourth-order valence-corrected chi connectivity index (χ4v) is 4.31. The maximum atomic E-state index is 12.8. The molecule has 3 fully saturated rings. The molecule has 2 N–H and O–H groups in total. The van der Waals surface area contributed by atoms with E-state index in [1.165, 1.54) is 19.3 Å². The highest BCUT2D eigenvalue weighted by Gasteiger charge is 2.35. The van der Waals surface area contributed by atoms with E-state index in [1.807, 2.05) is 32.7 Å². The molecule has 0 unspecified atom stereocenters. The largest absolute Gasteiger partial charge is 0.444 e. The molecule has 182 valence electrons. The van der Waals surface area contributed by atoms with E-state index >= 15 is 0 Å². The number of nitrogens with zero attached hydrogens (tertiary/aromatic N) is 3. The second kappa shape index (κ2) is 11.2. The molecule has 3 rings (SSSR count). The highest BCUT2D eigenvalue weighted by atomic mass is 16.6. The van der Waals surface area contributed by atoms with E-state index < -0.39 is 5.60 Å².